The molecule has 1 rings (SSSR count). The minimum absolute atomic E-state index is 0.0205. The number of aliphatic hydroxyl groups excluding tert-OH is 1. The van der Waals surface area contributed by atoms with E-state index in [1.54, 1.807) is 0 Å². The highest BCUT2D eigenvalue weighted by Gasteiger charge is 2.30. The van der Waals surface area contributed by atoms with E-state index in [2.05, 4.69) is 0 Å². The van der Waals surface area contributed by atoms with Crippen molar-refractivity contribution in [3.63, 3.8) is 0 Å². The molecule has 1 aromatic carbocycles. The lowest BCUT2D eigenvalue weighted by atomic mass is 10.1. The van der Waals surface area contributed by atoms with E-state index < -0.39 is 17.9 Å². The van der Waals surface area contributed by atoms with E-state index in [9.17, 15) is 19.5 Å². The summed E-state index contributed by atoms with van der Waals surface area (Å²) in [5, 5.41) is 10.0. The van der Waals surface area contributed by atoms with Gasteiger partial charge in [0.1, 0.15) is 0 Å². The van der Waals surface area contributed by atoms with Gasteiger partial charge >= 0.3 is 0 Å². The Bertz CT molecular complexity index is 685. The minimum atomic E-state index is -0.950. The number of benzene rings is 1. The van der Waals surface area contributed by atoms with Crippen LogP contribution in [0.5, 0.6) is 0 Å². The number of ether oxygens (including phenoxy) is 1. The van der Waals surface area contributed by atoms with Crippen molar-refractivity contribution in [1.29, 1.82) is 0 Å². The van der Waals surface area contributed by atoms with Gasteiger partial charge in [0, 0.05) is 17.6 Å². The third kappa shape index (κ3) is 5.14. The fourth-order valence-electron chi connectivity index (χ4n) is 2.15. The van der Waals surface area contributed by atoms with Gasteiger partial charge in [-0.1, -0.05) is 0 Å². The van der Waals surface area contributed by atoms with Crippen LogP contribution in [0.1, 0.15) is 27.6 Å². The molecule has 0 fully saturated rings. The molecule has 1 unspecified atom stereocenters. The quantitative estimate of drug-likeness (QED) is 0.369. The van der Waals surface area contributed by atoms with Crippen molar-refractivity contribution in [2.45, 2.75) is 13.0 Å². The highest BCUT2D eigenvalue weighted by Crippen LogP contribution is 2.37. The first-order valence-electron chi connectivity index (χ1n) is 6.79. The number of anilines is 1. The topological polar surface area (TPSA) is 136 Å². The van der Waals surface area contributed by atoms with Crippen molar-refractivity contribution in [3.05, 3.63) is 21.8 Å². The number of aliphatic hydroxyl groups is 1. The number of amides is 3. The van der Waals surface area contributed by atoms with E-state index in [4.69, 9.17) is 16.2 Å². The summed E-state index contributed by atoms with van der Waals surface area (Å²) in [4.78, 5) is 37.2. The molecular weight excluding hydrogens is 671 g/mol. The van der Waals surface area contributed by atoms with Crippen molar-refractivity contribution in [3.8, 4) is 0 Å². The lowest BCUT2D eigenvalue weighted by molar-refractivity contribution is -0.117. The molecule has 11 heteroatoms. The van der Waals surface area contributed by atoms with Crippen LogP contribution in [-0.4, -0.2) is 49.2 Å². The summed E-state index contributed by atoms with van der Waals surface area (Å²) in [6.07, 6.45) is -0.950. The molecule has 138 valence electrons. The summed E-state index contributed by atoms with van der Waals surface area (Å²) < 4.78 is 6.02. The SMILES string of the molecule is COCC(O)CN(C(C)=O)c1c(I)c(C(N)=O)c(I)c(C(N)=O)c1I. The summed E-state index contributed by atoms with van der Waals surface area (Å²) in [6, 6.07) is 0. The lowest BCUT2D eigenvalue weighted by Crippen LogP contribution is -2.40. The predicted molar refractivity (Wildman–Crippen MR) is 118 cm³/mol. The fourth-order valence-corrected chi connectivity index (χ4v) is 6.97. The summed E-state index contributed by atoms with van der Waals surface area (Å²) >= 11 is 5.62. The van der Waals surface area contributed by atoms with Crippen LogP contribution in [-0.2, 0) is 9.53 Å². The Morgan fingerprint density at radius 3 is 1.84 bits per heavy atom. The Balaban J connectivity index is 3.73. The number of rotatable bonds is 7. The molecule has 0 aliphatic heterocycles. The van der Waals surface area contributed by atoms with Crippen LogP contribution >= 0.6 is 67.8 Å². The largest absolute Gasteiger partial charge is 0.389 e. The third-order valence-electron chi connectivity index (χ3n) is 3.19. The average Bonchev–Trinajstić information content (AvgIpc) is 2.45. The maximum atomic E-state index is 12.2. The molecule has 0 aliphatic carbocycles. The molecule has 25 heavy (non-hydrogen) atoms. The van der Waals surface area contributed by atoms with Gasteiger partial charge in [-0.15, -0.1) is 0 Å². The Kier molecular flexibility index (Phi) is 8.76. The fraction of sp³-hybridized carbons (Fsp3) is 0.357. The second kappa shape index (κ2) is 9.61. The molecule has 0 bridgehead atoms. The van der Waals surface area contributed by atoms with E-state index in [1.807, 2.05) is 67.8 Å². The number of hydrogen-bond acceptors (Lipinski definition) is 5. The normalized spacial score (nSPS) is 11.9. The second-order valence-electron chi connectivity index (χ2n) is 5.01. The number of halogens is 3. The summed E-state index contributed by atoms with van der Waals surface area (Å²) in [5.41, 5.74) is 11.4. The Labute approximate surface area is 185 Å². The first-order chi connectivity index (χ1) is 11.5. The maximum Gasteiger partial charge on any atom is 0.250 e. The highest BCUT2D eigenvalue weighted by atomic mass is 127. The van der Waals surface area contributed by atoms with E-state index in [0.29, 0.717) is 16.4 Å². The first kappa shape index (κ1) is 22.8. The first-order valence-corrected chi connectivity index (χ1v) is 10.0. The van der Waals surface area contributed by atoms with Gasteiger partial charge in [0.25, 0.3) is 11.8 Å². The monoisotopic (exact) mass is 687 g/mol. The van der Waals surface area contributed by atoms with Crippen molar-refractivity contribution in [2.75, 3.05) is 25.2 Å². The zero-order valence-corrected chi connectivity index (χ0v) is 19.8. The van der Waals surface area contributed by atoms with Gasteiger partial charge in [-0.05, 0) is 67.8 Å². The molecule has 0 aliphatic rings. The van der Waals surface area contributed by atoms with Crippen LogP contribution in [0, 0.1) is 10.7 Å². The number of nitrogens with zero attached hydrogens (tertiary/aromatic N) is 1. The molecular formula is C14H16I3N3O5. The van der Waals surface area contributed by atoms with Crippen molar-refractivity contribution in [1.82, 2.24) is 0 Å². The molecule has 1 aromatic rings. The maximum absolute atomic E-state index is 12.2. The third-order valence-corrected chi connectivity index (χ3v) is 6.37. The lowest BCUT2D eigenvalue weighted by Gasteiger charge is -2.28. The molecule has 1 atom stereocenters. The highest BCUT2D eigenvalue weighted by molar-refractivity contribution is 14.1. The molecule has 0 radical (unpaired) electrons. The van der Waals surface area contributed by atoms with Gasteiger partial charge in [0.05, 0.1) is 43.2 Å². The molecule has 0 spiro atoms. The number of nitrogens with two attached hydrogens (primary N) is 2. The smallest absolute Gasteiger partial charge is 0.250 e. The minimum Gasteiger partial charge on any atom is -0.389 e. The number of methoxy groups -OCH3 is 1. The van der Waals surface area contributed by atoms with Crippen LogP contribution in [0.15, 0.2) is 0 Å². The summed E-state index contributed by atoms with van der Waals surface area (Å²) in [5.74, 6) is -1.86. The molecule has 0 aromatic heterocycles. The Morgan fingerprint density at radius 1 is 1.08 bits per heavy atom. The zero-order valence-electron chi connectivity index (χ0n) is 13.3. The van der Waals surface area contributed by atoms with E-state index in [1.165, 1.54) is 18.9 Å². The Hall–Kier alpha value is -0.260. The molecule has 5 N–H and O–H groups in total. The second-order valence-corrected chi connectivity index (χ2v) is 8.24. The van der Waals surface area contributed by atoms with Gasteiger partial charge in [0.2, 0.25) is 5.91 Å². The number of carbonyl (C=O) groups excluding carboxylic acids is 3. The van der Waals surface area contributed by atoms with Crippen molar-refractivity contribution in [2.24, 2.45) is 11.5 Å². The molecule has 0 saturated carbocycles. The van der Waals surface area contributed by atoms with Crippen LogP contribution < -0.4 is 16.4 Å². The number of hydrogen-bond donors (Lipinski definition) is 3. The van der Waals surface area contributed by atoms with Gasteiger partial charge in [-0.25, -0.2) is 0 Å². The Morgan fingerprint density at radius 2 is 1.52 bits per heavy atom. The molecule has 0 heterocycles. The number of carbonyl (C=O) groups is 3. The van der Waals surface area contributed by atoms with E-state index in [0.717, 1.165) is 0 Å². The molecule has 3 amide bonds. The number of primary amides is 2. The summed E-state index contributed by atoms with van der Waals surface area (Å²) in [6.45, 7) is 1.26. The predicted octanol–water partition coefficient (Wildman–Crippen LogP) is 1.06. The van der Waals surface area contributed by atoms with Gasteiger partial charge in [-0.3, -0.25) is 14.4 Å². The van der Waals surface area contributed by atoms with Crippen LogP contribution in [0.3, 0.4) is 0 Å². The van der Waals surface area contributed by atoms with Crippen LogP contribution in [0.25, 0.3) is 0 Å². The van der Waals surface area contributed by atoms with Gasteiger partial charge < -0.3 is 26.2 Å². The zero-order chi connectivity index (χ0) is 19.5. The van der Waals surface area contributed by atoms with Gasteiger partial charge in [-0.2, -0.15) is 0 Å². The van der Waals surface area contributed by atoms with Crippen molar-refractivity contribution < 1.29 is 24.2 Å². The van der Waals surface area contributed by atoms with Crippen LogP contribution in [0.2, 0.25) is 0 Å². The van der Waals surface area contributed by atoms with E-state index >= 15 is 0 Å². The van der Waals surface area contributed by atoms with Gasteiger partial charge in [0.15, 0.2) is 0 Å². The molecule has 0 saturated heterocycles. The average molecular weight is 687 g/mol. The van der Waals surface area contributed by atoms with E-state index in [-0.39, 0.29) is 30.2 Å². The summed E-state index contributed by atoms with van der Waals surface area (Å²) in [7, 11) is 1.43. The molecule has 8 nitrogen and oxygen atoms in total. The van der Waals surface area contributed by atoms with Crippen LogP contribution in [0.4, 0.5) is 5.69 Å². The standard InChI is InChI=1S/C14H16I3N3O5/c1-5(21)20(3-6(22)4-25-2)12-10(16)7(13(18)23)9(15)8(11(12)17)14(19)24/h6,22H,3-4H2,1-2H3,(H2,18,23)(H2,19,24). The van der Waals surface area contributed by atoms with Crippen molar-refractivity contribution >= 4 is 91.2 Å².